The molecule has 0 fully saturated rings. The van der Waals surface area contributed by atoms with Crippen molar-refractivity contribution in [1.29, 1.82) is 0 Å². The molecule has 0 aliphatic rings. The van der Waals surface area contributed by atoms with Gasteiger partial charge in [0, 0.05) is 34.1 Å². The van der Waals surface area contributed by atoms with Crippen LogP contribution in [0.3, 0.4) is 0 Å². The molecule has 0 atom stereocenters. The van der Waals surface area contributed by atoms with E-state index in [1.807, 2.05) is 55.5 Å². The molecule has 0 spiro atoms. The Morgan fingerprint density at radius 2 is 1.93 bits per heavy atom. The van der Waals surface area contributed by atoms with E-state index in [-0.39, 0.29) is 5.91 Å². The summed E-state index contributed by atoms with van der Waals surface area (Å²) < 4.78 is 0. The van der Waals surface area contributed by atoms with Crippen LogP contribution in [-0.4, -0.2) is 32.8 Å². The molecule has 2 aromatic carbocycles. The maximum absolute atomic E-state index is 12.8. The van der Waals surface area contributed by atoms with Gasteiger partial charge in [0.25, 0.3) is 5.91 Å². The van der Waals surface area contributed by atoms with Gasteiger partial charge in [-0.2, -0.15) is 0 Å². The van der Waals surface area contributed by atoms with Crippen molar-refractivity contribution in [3.63, 3.8) is 0 Å². The molecule has 0 unspecified atom stereocenters. The summed E-state index contributed by atoms with van der Waals surface area (Å²) in [7, 11) is 1.73. The summed E-state index contributed by atoms with van der Waals surface area (Å²) in [5.74, 6) is 0.441. The lowest BCUT2D eigenvalue weighted by atomic mass is 10.2. The molecule has 2 aromatic heterocycles. The number of halogens is 1. The molecule has 28 heavy (non-hydrogen) atoms. The highest BCUT2D eigenvalue weighted by Crippen LogP contribution is 2.26. The van der Waals surface area contributed by atoms with Crippen LogP contribution in [0, 0.1) is 6.92 Å². The highest BCUT2D eigenvalue weighted by Gasteiger charge is 2.18. The highest BCUT2D eigenvalue weighted by molar-refractivity contribution is 7.13. The Morgan fingerprint density at radius 3 is 2.75 bits per heavy atom. The summed E-state index contributed by atoms with van der Waals surface area (Å²) >= 11 is 7.47. The smallest absolute Gasteiger partial charge is 0.273 e. The van der Waals surface area contributed by atoms with Crippen molar-refractivity contribution in [3.05, 3.63) is 76.1 Å². The average Bonchev–Trinajstić information content (AvgIpc) is 3.17. The lowest BCUT2D eigenvalue weighted by Crippen LogP contribution is -2.27. The van der Waals surface area contributed by atoms with E-state index < -0.39 is 0 Å². The van der Waals surface area contributed by atoms with E-state index in [0.29, 0.717) is 23.1 Å². The topological polar surface area (TPSA) is 59.0 Å². The molecule has 0 saturated carbocycles. The van der Waals surface area contributed by atoms with Crippen molar-refractivity contribution in [2.24, 2.45) is 0 Å². The van der Waals surface area contributed by atoms with Crippen LogP contribution in [0.2, 0.25) is 5.02 Å². The highest BCUT2D eigenvalue weighted by atomic mass is 35.5. The fraction of sp³-hybridized carbons (Fsp3) is 0.143. The third-order valence-corrected chi connectivity index (χ3v) is 5.49. The molecule has 5 nitrogen and oxygen atoms in total. The van der Waals surface area contributed by atoms with Crippen LogP contribution in [0.5, 0.6) is 0 Å². The third kappa shape index (κ3) is 3.74. The van der Waals surface area contributed by atoms with Crippen LogP contribution >= 0.6 is 22.9 Å². The maximum Gasteiger partial charge on any atom is 0.273 e. The number of carbonyl (C=O) groups is 1. The standard InChI is InChI=1S/C21H17ClN4OS/c1-13-16-8-3-4-9-17(16)24-19(23-13)11-26(2)21(27)18-12-28-20(25-18)14-6-5-7-15(22)10-14/h3-10,12H,11H2,1-2H3. The molecule has 140 valence electrons. The number of carbonyl (C=O) groups excluding carboxylic acids is 1. The van der Waals surface area contributed by atoms with Crippen LogP contribution in [0.1, 0.15) is 22.0 Å². The molecule has 0 bridgehead atoms. The molecule has 0 saturated heterocycles. The van der Waals surface area contributed by atoms with Gasteiger partial charge in [0.15, 0.2) is 0 Å². The minimum absolute atomic E-state index is 0.168. The van der Waals surface area contributed by atoms with Gasteiger partial charge in [-0.3, -0.25) is 4.79 Å². The van der Waals surface area contributed by atoms with Crippen molar-refractivity contribution in [1.82, 2.24) is 19.9 Å². The molecule has 7 heteroatoms. The Balaban J connectivity index is 1.54. The molecule has 4 rings (SSSR count). The zero-order valence-electron chi connectivity index (χ0n) is 15.4. The second-order valence-electron chi connectivity index (χ2n) is 6.45. The number of aryl methyl sites for hydroxylation is 1. The number of nitrogens with zero attached hydrogens (tertiary/aromatic N) is 4. The van der Waals surface area contributed by atoms with E-state index in [1.165, 1.54) is 11.3 Å². The summed E-state index contributed by atoms with van der Waals surface area (Å²) in [6, 6.07) is 15.3. The van der Waals surface area contributed by atoms with Crippen LogP contribution in [-0.2, 0) is 6.54 Å². The lowest BCUT2D eigenvalue weighted by molar-refractivity contribution is 0.0776. The van der Waals surface area contributed by atoms with Gasteiger partial charge in [-0.15, -0.1) is 11.3 Å². The predicted molar refractivity (Wildman–Crippen MR) is 113 cm³/mol. The molecule has 0 aliphatic carbocycles. The molecule has 0 radical (unpaired) electrons. The van der Waals surface area contributed by atoms with Gasteiger partial charge in [0.05, 0.1) is 12.1 Å². The largest absolute Gasteiger partial charge is 0.333 e. The van der Waals surface area contributed by atoms with E-state index in [1.54, 1.807) is 17.3 Å². The number of benzene rings is 2. The van der Waals surface area contributed by atoms with Crippen molar-refractivity contribution in [2.75, 3.05) is 7.05 Å². The van der Waals surface area contributed by atoms with Crippen LogP contribution in [0.4, 0.5) is 0 Å². The van der Waals surface area contributed by atoms with Crippen molar-refractivity contribution < 1.29 is 4.79 Å². The molecule has 2 heterocycles. The Labute approximate surface area is 171 Å². The molecule has 4 aromatic rings. The first-order valence-electron chi connectivity index (χ1n) is 8.70. The van der Waals surface area contributed by atoms with Crippen molar-refractivity contribution in [2.45, 2.75) is 13.5 Å². The average molecular weight is 409 g/mol. The predicted octanol–water partition coefficient (Wildman–Crippen LogP) is 4.99. The number of para-hydroxylation sites is 1. The zero-order chi connectivity index (χ0) is 19.7. The number of hydrogen-bond acceptors (Lipinski definition) is 5. The first kappa shape index (κ1) is 18.5. The van der Waals surface area contributed by atoms with Gasteiger partial charge >= 0.3 is 0 Å². The quantitative estimate of drug-likeness (QED) is 0.477. The van der Waals surface area contributed by atoms with Gasteiger partial charge in [0.2, 0.25) is 0 Å². The Bertz CT molecular complexity index is 1170. The van der Waals surface area contributed by atoms with E-state index >= 15 is 0 Å². The lowest BCUT2D eigenvalue weighted by Gasteiger charge is -2.15. The van der Waals surface area contributed by atoms with Crippen LogP contribution in [0.25, 0.3) is 21.5 Å². The second kappa shape index (κ2) is 7.66. The molecular weight excluding hydrogens is 392 g/mol. The van der Waals surface area contributed by atoms with Gasteiger partial charge in [-0.25, -0.2) is 15.0 Å². The van der Waals surface area contributed by atoms with Gasteiger partial charge in [-0.05, 0) is 25.1 Å². The summed E-state index contributed by atoms with van der Waals surface area (Å²) in [5.41, 5.74) is 3.08. The fourth-order valence-electron chi connectivity index (χ4n) is 2.97. The maximum atomic E-state index is 12.8. The van der Waals surface area contributed by atoms with E-state index in [9.17, 15) is 4.79 Å². The Morgan fingerprint density at radius 1 is 1.11 bits per heavy atom. The number of hydrogen-bond donors (Lipinski definition) is 0. The van der Waals surface area contributed by atoms with Gasteiger partial charge < -0.3 is 4.90 Å². The number of thiazole rings is 1. The van der Waals surface area contributed by atoms with E-state index in [4.69, 9.17) is 11.6 Å². The molecule has 1 amide bonds. The normalized spacial score (nSPS) is 11.0. The number of fused-ring (bicyclic) bond motifs is 1. The molecule has 0 aliphatic heterocycles. The summed E-state index contributed by atoms with van der Waals surface area (Å²) in [6.45, 7) is 2.27. The van der Waals surface area contributed by atoms with Gasteiger partial charge in [0.1, 0.15) is 16.5 Å². The number of aromatic nitrogens is 3. The first-order valence-corrected chi connectivity index (χ1v) is 9.96. The number of amides is 1. The molecule has 0 N–H and O–H groups in total. The van der Waals surface area contributed by atoms with Crippen LogP contribution in [0.15, 0.2) is 53.9 Å². The van der Waals surface area contributed by atoms with Crippen molar-refractivity contribution in [3.8, 4) is 10.6 Å². The van der Waals surface area contributed by atoms with Crippen LogP contribution < -0.4 is 0 Å². The second-order valence-corrected chi connectivity index (χ2v) is 7.75. The van der Waals surface area contributed by atoms with E-state index in [2.05, 4.69) is 15.0 Å². The third-order valence-electron chi connectivity index (χ3n) is 4.36. The summed E-state index contributed by atoms with van der Waals surface area (Å²) in [5, 5.41) is 4.19. The minimum Gasteiger partial charge on any atom is -0.333 e. The minimum atomic E-state index is -0.168. The number of rotatable bonds is 4. The monoisotopic (exact) mass is 408 g/mol. The molecular formula is C21H17ClN4OS. The van der Waals surface area contributed by atoms with Crippen molar-refractivity contribution >= 4 is 39.7 Å². The SMILES string of the molecule is Cc1nc(CN(C)C(=O)c2csc(-c3cccc(Cl)c3)n2)nc2ccccc12. The first-order chi connectivity index (χ1) is 13.5. The zero-order valence-corrected chi connectivity index (χ0v) is 17.0. The van der Waals surface area contributed by atoms with E-state index in [0.717, 1.165) is 27.2 Å². The summed E-state index contributed by atoms with van der Waals surface area (Å²) in [6.07, 6.45) is 0. The summed E-state index contributed by atoms with van der Waals surface area (Å²) in [4.78, 5) is 28.0. The Kier molecular flexibility index (Phi) is 5.07. The van der Waals surface area contributed by atoms with Gasteiger partial charge in [-0.1, -0.05) is 41.9 Å². The fourth-order valence-corrected chi connectivity index (χ4v) is 3.95. The Hall–Kier alpha value is -2.83.